The Morgan fingerprint density at radius 1 is 1.18 bits per heavy atom. The quantitative estimate of drug-likeness (QED) is 0.751. The molecule has 0 saturated heterocycles. The molecule has 17 heavy (non-hydrogen) atoms. The Kier molecular flexibility index (Phi) is 3.26. The van der Waals surface area contributed by atoms with Gasteiger partial charge in [-0.2, -0.15) is 13.2 Å². The van der Waals surface area contributed by atoms with Crippen LogP contribution in [0.3, 0.4) is 0 Å². The molecule has 0 aliphatic carbocycles. The first kappa shape index (κ1) is 12.8. The summed E-state index contributed by atoms with van der Waals surface area (Å²) in [7, 11) is 0. The maximum Gasteiger partial charge on any atom is 0.416 e. The molecule has 0 aliphatic rings. The molecule has 5 nitrogen and oxygen atoms in total. The summed E-state index contributed by atoms with van der Waals surface area (Å²) in [5, 5.41) is 18.7. The molecular formula is C9H6F3NO4. The van der Waals surface area contributed by atoms with Crippen molar-refractivity contribution in [2.24, 2.45) is 0 Å². The molecule has 0 spiro atoms. The zero-order chi connectivity index (χ0) is 13.2. The summed E-state index contributed by atoms with van der Waals surface area (Å²) in [6.45, 7) is 0. The topological polar surface area (TPSA) is 86.6 Å². The Hall–Kier alpha value is -2.25. The van der Waals surface area contributed by atoms with Gasteiger partial charge in [0.25, 0.3) is 0 Å². The van der Waals surface area contributed by atoms with Crippen molar-refractivity contribution in [1.29, 1.82) is 0 Å². The summed E-state index contributed by atoms with van der Waals surface area (Å²) in [6.07, 6.45) is -6.25. The molecule has 0 fully saturated rings. The maximum atomic E-state index is 12.3. The number of rotatable bonds is 2. The van der Waals surface area contributed by atoms with Gasteiger partial charge in [-0.15, -0.1) is 0 Å². The van der Waals surface area contributed by atoms with E-state index in [1.54, 1.807) is 5.32 Å². The first-order chi connectivity index (χ1) is 7.71. The maximum absolute atomic E-state index is 12.3. The molecule has 3 N–H and O–H groups in total. The van der Waals surface area contributed by atoms with Crippen molar-refractivity contribution >= 4 is 17.7 Å². The average molecular weight is 249 g/mol. The number of nitrogens with one attached hydrogen (secondary N) is 1. The number of amides is 1. The lowest BCUT2D eigenvalue weighted by Gasteiger charge is -2.10. The van der Waals surface area contributed by atoms with Gasteiger partial charge in [-0.05, 0) is 18.2 Å². The van der Waals surface area contributed by atoms with E-state index in [9.17, 15) is 22.8 Å². The standard InChI is InChI=1S/C9H6F3NO4/c10-9(11,12)4-1-2-6(13-8(16)17)5(3-4)7(14)15/h1-3,13H,(H,14,15)(H,16,17). The fourth-order valence-electron chi connectivity index (χ4n) is 1.12. The second-order valence-electron chi connectivity index (χ2n) is 2.99. The van der Waals surface area contributed by atoms with Crippen molar-refractivity contribution < 1.29 is 33.0 Å². The molecule has 0 saturated carbocycles. The van der Waals surface area contributed by atoms with Crippen LogP contribution in [-0.2, 0) is 6.18 Å². The van der Waals surface area contributed by atoms with Crippen LogP contribution in [0.2, 0.25) is 0 Å². The van der Waals surface area contributed by atoms with Gasteiger partial charge >= 0.3 is 18.2 Å². The van der Waals surface area contributed by atoms with E-state index in [4.69, 9.17) is 10.2 Å². The number of anilines is 1. The molecule has 1 rings (SSSR count). The van der Waals surface area contributed by atoms with E-state index in [0.717, 1.165) is 6.07 Å². The normalized spacial score (nSPS) is 11.0. The van der Waals surface area contributed by atoms with Crippen molar-refractivity contribution in [3.8, 4) is 0 Å². The highest BCUT2D eigenvalue weighted by molar-refractivity contribution is 5.98. The van der Waals surface area contributed by atoms with Gasteiger partial charge in [-0.1, -0.05) is 0 Å². The molecule has 1 aromatic rings. The van der Waals surface area contributed by atoms with Crippen molar-refractivity contribution in [1.82, 2.24) is 0 Å². The molecule has 0 bridgehead atoms. The van der Waals surface area contributed by atoms with Gasteiger partial charge in [-0.3, -0.25) is 5.32 Å². The number of carboxylic acids is 1. The number of alkyl halides is 3. The van der Waals surface area contributed by atoms with E-state index in [0.29, 0.717) is 12.1 Å². The minimum Gasteiger partial charge on any atom is -0.478 e. The number of carboxylic acid groups (broad SMARTS) is 2. The van der Waals surface area contributed by atoms with Crippen LogP contribution in [0, 0.1) is 0 Å². The van der Waals surface area contributed by atoms with Crippen molar-refractivity contribution in [3.63, 3.8) is 0 Å². The van der Waals surface area contributed by atoms with Gasteiger partial charge in [0.05, 0.1) is 16.8 Å². The SMILES string of the molecule is O=C(O)Nc1ccc(C(F)(F)F)cc1C(=O)O. The number of hydrogen-bond acceptors (Lipinski definition) is 2. The zero-order valence-corrected chi connectivity index (χ0v) is 8.08. The predicted octanol–water partition coefficient (Wildman–Crippen LogP) is 2.49. The van der Waals surface area contributed by atoms with Crippen LogP contribution in [0.5, 0.6) is 0 Å². The Balaban J connectivity index is 3.27. The second kappa shape index (κ2) is 4.32. The number of hydrogen-bond donors (Lipinski definition) is 3. The third-order valence-electron chi connectivity index (χ3n) is 1.82. The van der Waals surface area contributed by atoms with Crippen molar-refractivity contribution in [2.75, 3.05) is 5.32 Å². The monoisotopic (exact) mass is 249 g/mol. The number of carbonyl (C=O) groups is 2. The van der Waals surface area contributed by atoms with Gasteiger partial charge in [0.1, 0.15) is 0 Å². The van der Waals surface area contributed by atoms with Gasteiger partial charge in [-0.25, -0.2) is 9.59 Å². The predicted molar refractivity (Wildman–Crippen MR) is 50.1 cm³/mol. The first-order valence-corrected chi connectivity index (χ1v) is 4.16. The van der Waals surface area contributed by atoms with Crippen LogP contribution in [0.1, 0.15) is 15.9 Å². The van der Waals surface area contributed by atoms with Crippen LogP contribution >= 0.6 is 0 Å². The smallest absolute Gasteiger partial charge is 0.416 e. The first-order valence-electron chi connectivity index (χ1n) is 4.16. The van der Waals surface area contributed by atoms with E-state index in [-0.39, 0.29) is 0 Å². The number of aromatic carboxylic acids is 1. The van der Waals surface area contributed by atoms with Crippen molar-refractivity contribution in [3.05, 3.63) is 29.3 Å². The van der Waals surface area contributed by atoms with E-state index in [1.165, 1.54) is 0 Å². The Morgan fingerprint density at radius 2 is 1.76 bits per heavy atom. The summed E-state index contributed by atoms with van der Waals surface area (Å²) in [6, 6.07) is 1.71. The Morgan fingerprint density at radius 3 is 2.18 bits per heavy atom. The summed E-state index contributed by atoms with van der Waals surface area (Å²) in [5.74, 6) is -1.65. The van der Waals surface area contributed by atoms with Crippen LogP contribution in [-0.4, -0.2) is 22.3 Å². The van der Waals surface area contributed by atoms with Gasteiger partial charge in [0.2, 0.25) is 0 Å². The van der Waals surface area contributed by atoms with Crippen LogP contribution in [0.25, 0.3) is 0 Å². The highest BCUT2D eigenvalue weighted by Crippen LogP contribution is 2.31. The lowest BCUT2D eigenvalue weighted by molar-refractivity contribution is -0.137. The highest BCUT2D eigenvalue weighted by atomic mass is 19.4. The molecule has 92 valence electrons. The molecule has 0 unspecified atom stereocenters. The van der Waals surface area contributed by atoms with Gasteiger partial charge < -0.3 is 10.2 Å². The second-order valence-corrected chi connectivity index (χ2v) is 2.99. The van der Waals surface area contributed by atoms with E-state index < -0.39 is 35.1 Å². The molecule has 0 aliphatic heterocycles. The number of halogens is 3. The molecule has 8 heteroatoms. The lowest BCUT2D eigenvalue weighted by atomic mass is 10.1. The minimum atomic E-state index is -4.69. The van der Waals surface area contributed by atoms with E-state index >= 15 is 0 Å². The Labute approximate surface area is 92.5 Å². The van der Waals surface area contributed by atoms with Crippen LogP contribution in [0.15, 0.2) is 18.2 Å². The molecule has 0 aromatic heterocycles. The zero-order valence-electron chi connectivity index (χ0n) is 8.08. The van der Waals surface area contributed by atoms with E-state index in [2.05, 4.69) is 0 Å². The van der Waals surface area contributed by atoms with Crippen LogP contribution < -0.4 is 5.32 Å². The summed E-state index contributed by atoms with van der Waals surface area (Å²) in [4.78, 5) is 21.0. The molecule has 0 heterocycles. The Bertz CT molecular complexity index is 470. The molecular weight excluding hydrogens is 243 g/mol. The lowest BCUT2D eigenvalue weighted by Crippen LogP contribution is -2.14. The van der Waals surface area contributed by atoms with Crippen molar-refractivity contribution in [2.45, 2.75) is 6.18 Å². The highest BCUT2D eigenvalue weighted by Gasteiger charge is 2.31. The third kappa shape index (κ3) is 3.10. The fraction of sp³-hybridized carbons (Fsp3) is 0.111. The minimum absolute atomic E-state index is 0.369. The largest absolute Gasteiger partial charge is 0.478 e. The van der Waals surface area contributed by atoms with Crippen LogP contribution in [0.4, 0.5) is 23.7 Å². The fourth-order valence-corrected chi connectivity index (χ4v) is 1.12. The summed E-state index contributed by atoms with van der Waals surface area (Å²) >= 11 is 0. The average Bonchev–Trinajstić information content (AvgIpc) is 2.15. The molecule has 0 atom stereocenters. The number of benzene rings is 1. The third-order valence-corrected chi connectivity index (χ3v) is 1.82. The van der Waals surface area contributed by atoms with Gasteiger partial charge in [0, 0.05) is 0 Å². The van der Waals surface area contributed by atoms with E-state index in [1.807, 2.05) is 0 Å². The summed E-state index contributed by atoms with van der Waals surface area (Å²) < 4.78 is 36.9. The molecule has 1 amide bonds. The summed E-state index contributed by atoms with van der Waals surface area (Å²) in [5.41, 5.74) is -2.34. The molecule has 1 aromatic carbocycles. The van der Waals surface area contributed by atoms with Gasteiger partial charge in [0.15, 0.2) is 0 Å². The molecule has 0 radical (unpaired) electrons.